The smallest absolute Gasteiger partial charge is 0.326 e. The molecule has 0 aliphatic carbocycles. The number of nitrogens with one attached hydrogen (secondary N) is 2. The number of nitrogens with zero attached hydrogens (tertiary/aromatic N) is 3. The molecule has 0 amide bonds. The van der Waals surface area contributed by atoms with E-state index in [0.29, 0.717) is 18.8 Å². The van der Waals surface area contributed by atoms with Gasteiger partial charge in [-0.1, -0.05) is 29.8 Å². The molecule has 0 spiro atoms. The molecule has 8 nitrogen and oxygen atoms in total. The molecular formula is C28H31N5O3. The summed E-state index contributed by atoms with van der Waals surface area (Å²) in [4.78, 5) is 20.7. The molecule has 0 aliphatic rings. The molecule has 1 atom stereocenters. The number of rotatable bonds is 10. The van der Waals surface area contributed by atoms with Gasteiger partial charge in [-0.05, 0) is 55.7 Å². The molecule has 2 aromatic heterocycles. The molecule has 0 bridgehead atoms. The molecular weight excluding hydrogens is 454 g/mol. The summed E-state index contributed by atoms with van der Waals surface area (Å²) >= 11 is 0. The predicted molar refractivity (Wildman–Crippen MR) is 141 cm³/mol. The number of carboxylic acid groups (broad SMARTS) is 1. The van der Waals surface area contributed by atoms with Crippen molar-refractivity contribution in [1.82, 2.24) is 14.5 Å². The molecule has 0 saturated carbocycles. The number of anilines is 2. The highest BCUT2D eigenvalue weighted by Crippen LogP contribution is 2.24. The zero-order chi connectivity index (χ0) is 25.7. The number of aromatic nitrogens is 3. The van der Waals surface area contributed by atoms with Crippen LogP contribution in [0.3, 0.4) is 0 Å². The number of carbonyl (C=O) groups is 1. The second-order valence-electron chi connectivity index (χ2n) is 8.89. The molecule has 4 aromatic rings. The number of hydrogen-bond acceptors (Lipinski definition) is 6. The van der Waals surface area contributed by atoms with E-state index in [4.69, 9.17) is 4.74 Å². The molecule has 0 aliphatic heterocycles. The lowest BCUT2D eigenvalue weighted by molar-refractivity contribution is -0.137. The number of aliphatic carboxylic acids is 1. The third-order valence-electron chi connectivity index (χ3n) is 6.02. The van der Waals surface area contributed by atoms with Gasteiger partial charge in [0.1, 0.15) is 17.6 Å². The molecule has 186 valence electrons. The topological polar surface area (TPSA) is 101 Å². The maximum atomic E-state index is 12.0. The van der Waals surface area contributed by atoms with Crippen LogP contribution in [-0.4, -0.2) is 38.8 Å². The summed E-state index contributed by atoms with van der Waals surface area (Å²) in [5.41, 5.74) is 6.88. The average molecular weight is 486 g/mol. The molecule has 0 fully saturated rings. The zero-order valence-corrected chi connectivity index (χ0v) is 20.9. The van der Waals surface area contributed by atoms with Crippen LogP contribution in [-0.2, 0) is 17.8 Å². The molecule has 2 aromatic carbocycles. The van der Waals surface area contributed by atoms with Crippen LogP contribution >= 0.6 is 0 Å². The Morgan fingerprint density at radius 1 is 1.06 bits per heavy atom. The number of aryl methyl sites for hydroxylation is 3. The van der Waals surface area contributed by atoms with Gasteiger partial charge in [0.05, 0.1) is 25.7 Å². The third kappa shape index (κ3) is 6.02. The zero-order valence-electron chi connectivity index (χ0n) is 20.9. The Bertz CT molecular complexity index is 1320. The molecule has 8 heteroatoms. The fourth-order valence-corrected chi connectivity index (χ4v) is 4.23. The molecule has 0 saturated heterocycles. The number of methoxy groups -OCH3 is 1. The van der Waals surface area contributed by atoms with Crippen LogP contribution in [0.25, 0.3) is 5.69 Å². The number of benzene rings is 2. The van der Waals surface area contributed by atoms with Gasteiger partial charge in [-0.15, -0.1) is 0 Å². The van der Waals surface area contributed by atoms with Crippen molar-refractivity contribution in [1.29, 1.82) is 0 Å². The maximum absolute atomic E-state index is 12.0. The summed E-state index contributed by atoms with van der Waals surface area (Å²) in [5.74, 6) is 0.573. The number of ether oxygens (including phenoxy) is 1. The summed E-state index contributed by atoms with van der Waals surface area (Å²) in [5, 5.41) is 16.3. The van der Waals surface area contributed by atoms with Crippen LogP contribution in [0.4, 0.5) is 11.5 Å². The maximum Gasteiger partial charge on any atom is 0.326 e. The van der Waals surface area contributed by atoms with E-state index in [0.717, 1.165) is 45.1 Å². The van der Waals surface area contributed by atoms with Gasteiger partial charge in [0.25, 0.3) is 0 Å². The molecule has 36 heavy (non-hydrogen) atoms. The standard InChI is InChI=1S/C28H31N5O3/c1-18-11-19(2)27(20(3)12-18)32-25(28(34)35)13-21-5-7-23(8-6-21)33-16-22(31-17-33)15-30-26-14-24(36-4)9-10-29-26/h5-12,14,16-17,25,32H,13,15H2,1-4H3,(H,29,30)(H,34,35). The van der Waals surface area contributed by atoms with Crippen LogP contribution < -0.4 is 15.4 Å². The highest BCUT2D eigenvalue weighted by atomic mass is 16.5. The van der Waals surface area contributed by atoms with E-state index in [1.54, 1.807) is 25.7 Å². The van der Waals surface area contributed by atoms with Gasteiger partial charge in [0.2, 0.25) is 0 Å². The monoisotopic (exact) mass is 485 g/mol. The SMILES string of the molecule is COc1ccnc(NCc2cn(-c3ccc(CC(Nc4c(C)cc(C)cc4C)C(=O)O)cc3)cn2)c1. The summed E-state index contributed by atoms with van der Waals surface area (Å²) in [6.45, 7) is 6.56. The predicted octanol–water partition coefficient (Wildman–Crippen LogP) is 4.92. The van der Waals surface area contributed by atoms with Gasteiger partial charge in [-0.3, -0.25) is 0 Å². The first-order valence-corrected chi connectivity index (χ1v) is 11.8. The largest absolute Gasteiger partial charge is 0.497 e. The Hall–Kier alpha value is -4.33. The average Bonchev–Trinajstić information content (AvgIpc) is 3.33. The van der Waals surface area contributed by atoms with Gasteiger partial charge < -0.3 is 25.0 Å². The normalized spacial score (nSPS) is 11.7. The lowest BCUT2D eigenvalue weighted by atomic mass is 10.0. The minimum absolute atomic E-state index is 0.370. The minimum atomic E-state index is -0.879. The van der Waals surface area contributed by atoms with E-state index in [-0.39, 0.29) is 0 Å². The Labute approximate surface area is 211 Å². The second kappa shape index (κ2) is 10.9. The Morgan fingerprint density at radius 2 is 1.78 bits per heavy atom. The summed E-state index contributed by atoms with van der Waals surface area (Å²) in [7, 11) is 1.62. The molecule has 3 N–H and O–H groups in total. The first kappa shape index (κ1) is 24.8. The van der Waals surface area contributed by atoms with Crippen molar-refractivity contribution in [2.75, 3.05) is 17.7 Å². The first-order chi connectivity index (χ1) is 17.3. The number of carboxylic acids is 1. The van der Waals surface area contributed by atoms with Crippen LogP contribution in [0.1, 0.15) is 27.9 Å². The number of imidazole rings is 1. The highest BCUT2D eigenvalue weighted by Gasteiger charge is 2.20. The van der Waals surface area contributed by atoms with Crippen molar-refractivity contribution in [3.63, 3.8) is 0 Å². The van der Waals surface area contributed by atoms with Crippen molar-refractivity contribution in [2.24, 2.45) is 0 Å². The van der Waals surface area contributed by atoms with Crippen LogP contribution in [0, 0.1) is 20.8 Å². The van der Waals surface area contributed by atoms with Gasteiger partial charge in [-0.25, -0.2) is 14.8 Å². The fraction of sp³-hybridized carbons (Fsp3) is 0.250. The van der Waals surface area contributed by atoms with Gasteiger partial charge in [0, 0.05) is 36.3 Å². The van der Waals surface area contributed by atoms with Gasteiger partial charge in [-0.2, -0.15) is 0 Å². The third-order valence-corrected chi connectivity index (χ3v) is 6.02. The van der Waals surface area contributed by atoms with E-state index in [1.807, 2.05) is 61.9 Å². The van der Waals surface area contributed by atoms with E-state index in [1.165, 1.54) is 0 Å². The lowest BCUT2D eigenvalue weighted by Gasteiger charge is -2.20. The van der Waals surface area contributed by atoms with E-state index < -0.39 is 12.0 Å². The summed E-state index contributed by atoms with van der Waals surface area (Å²) in [6.07, 6.45) is 5.77. The fourth-order valence-electron chi connectivity index (χ4n) is 4.23. The van der Waals surface area contributed by atoms with Gasteiger partial charge >= 0.3 is 5.97 Å². The Balaban J connectivity index is 1.40. The summed E-state index contributed by atoms with van der Waals surface area (Å²) in [6, 6.07) is 14.9. The van der Waals surface area contributed by atoms with Crippen LogP contribution in [0.15, 0.2) is 67.3 Å². The van der Waals surface area contributed by atoms with Crippen molar-refractivity contribution in [2.45, 2.75) is 39.8 Å². The van der Waals surface area contributed by atoms with Crippen LogP contribution in [0.2, 0.25) is 0 Å². The minimum Gasteiger partial charge on any atom is -0.497 e. The highest BCUT2D eigenvalue weighted by molar-refractivity contribution is 5.79. The quantitative estimate of drug-likeness (QED) is 0.293. The summed E-state index contributed by atoms with van der Waals surface area (Å²) < 4.78 is 7.16. The molecule has 2 heterocycles. The van der Waals surface area contributed by atoms with Crippen LogP contribution in [0.5, 0.6) is 5.75 Å². The first-order valence-electron chi connectivity index (χ1n) is 11.8. The molecule has 1 unspecified atom stereocenters. The second-order valence-corrected chi connectivity index (χ2v) is 8.89. The number of hydrogen-bond donors (Lipinski definition) is 3. The van der Waals surface area contributed by atoms with Crippen molar-refractivity contribution < 1.29 is 14.6 Å². The van der Waals surface area contributed by atoms with Crippen molar-refractivity contribution >= 4 is 17.5 Å². The molecule has 0 radical (unpaired) electrons. The van der Waals surface area contributed by atoms with Crippen molar-refractivity contribution in [3.05, 3.63) is 95.2 Å². The molecule has 4 rings (SSSR count). The van der Waals surface area contributed by atoms with E-state index in [9.17, 15) is 9.90 Å². The Morgan fingerprint density at radius 3 is 2.44 bits per heavy atom. The van der Waals surface area contributed by atoms with E-state index in [2.05, 4.69) is 32.7 Å². The van der Waals surface area contributed by atoms with Crippen molar-refractivity contribution in [3.8, 4) is 11.4 Å². The number of pyridine rings is 1. The lowest BCUT2D eigenvalue weighted by Crippen LogP contribution is -2.32. The Kier molecular flexibility index (Phi) is 7.53. The van der Waals surface area contributed by atoms with Gasteiger partial charge in [0.15, 0.2) is 0 Å². The van der Waals surface area contributed by atoms with E-state index >= 15 is 0 Å².